The van der Waals surface area contributed by atoms with Crippen molar-refractivity contribution in [1.82, 2.24) is 4.57 Å². The predicted molar refractivity (Wildman–Crippen MR) is 105 cm³/mol. The number of fused-ring (bicyclic) bond motifs is 1. The Bertz CT molecular complexity index is 993. The smallest absolute Gasteiger partial charge is 0.312 e. The molecule has 0 bridgehead atoms. The van der Waals surface area contributed by atoms with Gasteiger partial charge >= 0.3 is 5.97 Å². The van der Waals surface area contributed by atoms with Crippen molar-refractivity contribution in [2.75, 3.05) is 6.54 Å². The van der Waals surface area contributed by atoms with E-state index in [9.17, 15) is 14.7 Å². The van der Waals surface area contributed by atoms with Crippen molar-refractivity contribution < 1.29 is 14.7 Å². The quantitative estimate of drug-likeness (QED) is 0.595. The van der Waals surface area contributed by atoms with Gasteiger partial charge in [-0.1, -0.05) is 36.4 Å². The molecule has 0 saturated heterocycles. The summed E-state index contributed by atoms with van der Waals surface area (Å²) in [5.41, 5.74) is 15.6. The van der Waals surface area contributed by atoms with Gasteiger partial charge < -0.3 is 21.1 Å². The molecule has 1 heterocycles. The van der Waals surface area contributed by atoms with Crippen molar-refractivity contribution >= 4 is 22.8 Å². The van der Waals surface area contributed by atoms with E-state index >= 15 is 0 Å². The van der Waals surface area contributed by atoms with Crippen LogP contribution in [0, 0.1) is 6.92 Å². The maximum absolute atomic E-state index is 11.6. The maximum Gasteiger partial charge on any atom is 0.312 e. The Hall–Kier alpha value is -3.12. The summed E-state index contributed by atoms with van der Waals surface area (Å²) < 4.78 is 2.13. The second kappa shape index (κ2) is 7.63. The number of carbonyl (C=O) groups is 2. The van der Waals surface area contributed by atoms with E-state index in [2.05, 4.69) is 4.57 Å². The molecule has 1 unspecified atom stereocenters. The van der Waals surface area contributed by atoms with Crippen LogP contribution in [0.1, 0.15) is 28.3 Å². The molecule has 1 atom stereocenters. The highest BCUT2D eigenvalue weighted by atomic mass is 16.4. The number of rotatable bonds is 7. The van der Waals surface area contributed by atoms with Crippen LogP contribution in [0.3, 0.4) is 0 Å². The number of carboxylic acid groups (broad SMARTS) is 1. The van der Waals surface area contributed by atoms with E-state index < -0.39 is 17.8 Å². The molecule has 0 aliphatic rings. The van der Waals surface area contributed by atoms with E-state index in [4.69, 9.17) is 11.5 Å². The fourth-order valence-electron chi connectivity index (χ4n) is 3.53. The first-order valence-electron chi connectivity index (χ1n) is 8.79. The lowest BCUT2D eigenvalue weighted by atomic mass is 9.96. The molecule has 0 fully saturated rings. The first kappa shape index (κ1) is 18.7. The van der Waals surface area contributed by atoms with Crippen LogP contribution >= 0.6 is 0 Å². The molecule has 5 N–H and O–H groups in total. The molecule has 1 aromatic heterocycles. The lowest BCUT2D eigenvalue weighted by molar-refractivity contribution is -0.138. The summed E-state index contributed by atoms with van der Waals surface area (Å²) in [6, 6.07) is 15.5. The molecule has 0 spiro atoms. The van der Waals surface area contributed by atoms with E-state index in [1.807, 2.05) is 49.4 Å². The summed E-state index contributed by atoms with van der Waals surface area (Å²) in [5.74, 6) is -2.17. The number of primary amides is 1. The average molecular weight is 365 g/mol. The summed E-state index contributed by atoms with van der Waals surface area (Å²) in [6.45, 7) is 2.62. The van der Waals surface area contributed by atoms with Gasteiger partial charge in [0.05, 0.1) is 12.3 Å². The summed E-state index contributed by atoms with van der Waals surface area (Å²) in [6.07, 6.45) is 0.105. The first-order valence-corrected chi connectivity index (χ1v) is 8.79. The predicted octanol–water partition coefficient (Wildman–Crippen LogP) is 2.15. The maximum atomic E-state index is 11.6. The zero-order chi connectivity index (χ0) is 19.6. The summed E-state index contributed by atoms with van der Waals surface area (Å²) in [7, 11) is 0. The lowest BCUT2D eigenvalue weighted by Gasteiger charge is -2.11. The molecule has 27 heavy (non-hydrogen) atoms. The highest BCUT2D eigenvalue weighted by molar-refractivity contribution is 5.91. The van der Waals surface area contributed by atoms with Gasteiger partial charge in [0.25, 0.3) is 0 Å². The van der Waals surface area contributed by atoms with Crippen molar-refractivity contribution in [2.24, 2.45) is 11.5 Å². The molecule has 140 valence electrons. The van der Waals surface area contributed by atoms with E-state index in [1.54, 1.807) is 6.07 Å². The molecule has 6 nitrogen and oxygen atoms in total. The van der Waals surface area contributed by atoms with Crippen molar-refractivity contribution in [3.05, 3.63) is 70.9 Å². The van der Waals surface area contributed by atoms with E-state index in [-0.39, 0.29) is 13.0 Å². The molecule has 3 aromatic rings. The number of hydrogen-bond acceptors (Lipinski definition) is 3. The SMILES string of the molecule is Cc1c(CC(N)=O)c2cc(C(CN)C(=O)O)ccc2n1Cc1ccccc1. The Morgan fingerprint density at radius 1 is 1.15 bits per heavy atom. The third kappa shape index (κ3) is 3.71. The normalized spacial score (nSPS) is 12.2. The topological polar surface area (TPSA) is 111 Å². The number of nitrogens with zero attached hydrogens (tertiary/aromatic N) is 1. The summed E-state index contributed by atoms with van der Waals surface area (Å²) >= 11 is 0. The average Bonchev–Trinajstić information content (AvgIpc) is 2.88. The number of amides is 1. The second-order valence-corrected chi connectivity index (χ2v) is 6.68. The number of carboxylic acids is 1. The van der Waals surface area contributed by atoms with Crippen LogP contribution < -0.4 is 11.5 Å². The van der Waals surface area contributed by atoms with E-state index in [0.29, 0.717) is 12.1 Å². The minimum absolute atomic E-state index is 0.00962. The van der Waals surface area contributed by atoms with Gasteiger partial charge in [0.15, 0.2) is 0 Å². The Balaban J connectivity index is 2.17. The summed E-state index contributed by atoms with van der Waals surface area (Å²) in [4.78, 5) is 23.1. The molecule has 1 amide bonds. The van der Waals surface area contributed by atoms with Gasteiger partial charge in [0.1, 0.15) is 0 Å². The number of hydrogen-bond donors (Lipinski definition) is 3. The number of aromatic nitrogens is 1. The fraction of sp³-hybridized carbons (Fsp3) is 0.238. The Kier molecular flexibility index (Phi) is 5.28. The van der Waals surface area contributed by atoms with Gasteiger partial charge in [-0.25, -0.2) is 0 Å². The zero-order valence-electron chi connectivity index (χ0n) is 15.2. The van der Waals surface area contributed by atoms with Crippen LogP contribution in [0.15, 0.2) is 48.5 Å². The lowest BCUT2D eigenvalue weighted by Crippen LogP contribution is -2.21. The Labute approximate surface area is 157 Å². The molecule has 3 rings (SSSR count). The molecule has 6 heteroatoms. The van der Waals surface area contributed by atoms with E-state index in [0.717, 1.165) is 27.7 Å². The van der Waals surface area contributed by atoms with Gasteiger partial charge in [-0.3, -0.25) is 9.59 Å². The monoisotopic (exact) mass is 365 g/mol. The largest absolute Gasteiger partial charge is 0.481 e. The fourth-order valence-corrected chi connectivity index (χ4v) is 3.53. The second-order valence-electron chi connectivity index (χ2n) is 6.68. The molecule has 0 aliphatic heterocycles. The number of aliphatic carboxylic acids is 1. The van der Waals surface area contributed by atoms with Crippen LogP contribution in [-0.4, -0.2) is 28.1 Å². The Morgan fingerprint density at radius 3 is 2.44 bits per heavy atom. The minimum Gasteiger partial charge on any atom is -0.481 e. The van der Waals surface area contributed by atoms with Crippen molar-refractivity contribution in [3.8, 4) is 0 Å². The van der Waals surface area contributed by atoms with E-state index in [1.165, 1.54) is 0 Å². The number of benzene rings is 2. The van der Waals surface area contributed by atoms with Crippen LogP contribution in [0.5, 0.6) is 0 Å². The third-order valence-corrected chi connectivity index (χ3v) is 4.95. The molecule has 2 aromatic carbocycles. The standard InChI is InChI=1S/C21H23N3O3/c1-13-16(10-20(23)25)17-9-15(18(11-22)21(26)27)7-8-19(17)24(13)12-14-5-3-2-4-6-14/h2-9,18H,10-12,22H2,1H3,(H2,23,25)(H,26,27). The molecule has 0 radical (unpaired) electrons. The minimum atomic E-state index is -0.964. The van der Waals surface area contributed by atoms with Crippen molar-refractivity contribution in [1.29, 1.82) is 0 Å². The highest BCUT2D eigenvalue weighted by Crippen LogP contribution is 2.30. The first-order chi connectivity index (χ1) is 12.9. The third-order valence-electron chi connectivity index (χ3n) is 4.95. The van der Waals surface area contributed by atoms with Crippen LogP contribution in [0.2, 0.25) is 0 Å². The van der Waals surface area contributed by atoms with Gasteiger partial charge in [-0.2, -0.15) is 0 Å². The van der Waals surface area contributed by atoms with Gasteiger partial charge in [-0.05, 0) is 35.7 Å². The van der Waals surface area contributed by atoms with Crippen molar-refractivity contribution in [3.63, 3.8) is 0 Å². The number of carbonyl (C=O) groups excluding carboxylic acids is 1. The zero-order valence-corrected chi connectivity index (χ0v) is 15.2. The number of nitrogens with two attached hydrogens (primary N) is 2. The molecule has 0 aliphatic carbocycles. The molecular formula is C21H23N3O3. The molecular weight excluding hydrogens is 342 g/mol. The van der Waals surface area contributed by atoms with Gasteiger partial charge in [0.2, 0.25) is 5.91 Å². The Morgan fingerprint density at radius 2 is 1.85 bits per heavy atom. The summed E-state index contributed by atoms with van der Waals surface area (Å²) in [5, 5.41) is 10.3. The van der Waals surface area contributed by atoms with Gasteiger partial charge in [-0.15, -0.1) is 0 Å². The van der Waals surface area contributed by atoms with Crippen LogP contribution in [-0.2, 0) is 22.6 Å². The van der Waals surface area contributed by atoms with Gasteiger partial charge in [0, 0.05) is 29.7 Å². The highest BCUT2D eigenvalue weighted by Gasteiger charge is 2.21. The van der Waals surface area contributed by atoms with Crippen molar-refractivity contribution in [2.45, 2.75) is 25.8 Å². The van der Waals surface area contributed by atoms with Crippen LogP contribution in [0.4, 0.5) is 0 Å². The van der Waals surface area contributed by atoms with Crippen LogP contribution in [0.25, 0.3) is 10.9 Å². The molecule has 0 saturated carbocycles.